The molecular weight excluding hydrogens is 309 g/mol. The molecule has 102 valence electrons. The third-order valence-electron chi connectivity index (χ3n) is 3.53. The lowest BCUT2D eigenvalue weighted by Crippen LogP contribution is -2.15. The molecule has 0 radical (unpaired) electrons. The van der Waals surface area contributed by atoms with Crippen molar-refractivity contribution in [3.8, 4) is 0 Å². The van der Waals surface area contributed by atoms with Crippen molar-refractivity contribution in [2.75, 3.05) is 0 Å². The second kappa shape index (κ2) is 4.91. The van der Waals surface area contributed by atoms with Crippen molar-refractivity contribution in [2.45, 2.75) is 45.2 Å². The molecule has 2 nitrogen and oxygen atoms in total. The van der Waals surface area contributed by atoms with Gasteiger partial charge in [-0.15, -0.1) is 0 Å². The summed E-state index contributed by atoms with van der Waals surface area (Å²) < 4.78 is 20.5. The van der Waals surface area contributed by atoms with E-state index >= 15 is 0 Å². The Balaban J connectivity index is 2.08. The minimum atomic E-state index is -0.302. The number of nitrogens with one attached hydrogen (secondary N) is 1. The first-order valence-electron chi connectivity index (χ1n) is 6.70. The Labute approximate surface area is 120 Å². The van der Waals surface area contributed by atoms with Gasteiger partial charge >= 0.3 is 0 Å². The Morgan fingerprint density at radius 3 is 2.79 bits per heavy atom. The fraction of sp³-hybridized carbons (Fsp3) is 0.467. The van der Waals surface area contributed by atoms with Crippen molar-refractivity contribution < 1.29 is 8.81 Å². The molecule has 0 atom stereocenters. The second-order valence-electron chi connectivity index (χ2n) is 5.51. The lowest BCUT2D eigenvalue weighted by molar-refractivity contribution is 0.487. The van der Waals surface area contributed by atoms with E-state index in [9.17, 15) is 4.39 Å². The van der Waals surface area contributed by atoms with Crippen LogP contribution in [-0.4, -0.2) is 6.04 Å². The molecule has 4 heteroatoms. The van der Waals surface area contributed by atoms with E-state index in [1.165, 1.54) is 18.9 Å². The largest absolute Gasteiger partial charge is 0.456 e. The number of furan rings is 1. The fourth-order valence-electron chi connectivity index (χ4n) is 2.48. The molecule has 1 heterocycles. The number of fused-ring (bicyclic) bond motifs is 1. The van der Waals surface area contributed by atoms with Gasteiger partial charge in [-0.25, -0.2) is 4.39 Å². The summed E-state index contributed by atoms with van der Waals surface area (Å²) >= 11 is 3.35. The van der Waals surface area contributed by atoms with Gasteiger partial charge in [0.2, 0.25) is 0 Å². The van der Waals surface area contributed by atoms with Gasteiger partial charge < -0.3 is 9.73 Å². The normalized spacial score (nSPS) is 15.6. The second-order valence-corrected chi connectivity index (χ2v) is 6.43. The van der Waals surface area contributed by atoms with Crippen molar-refractivity contribution in [3.05, 3.63) is 33.7 Å². The molecule has 0 aliphatic heterocycles. The van der Waals surface area contributed by atoms with Gasteiger partial charge in [-0.1, -0.05) is 29.8 Å². The first-order chi connectivity index (χ1) is 9.06. The SMILES string of the molecule is CC(C)c1c(CNC2CC2)oc2c(F)cc(Br)cc12. The lowest BCUT2D eigenvalue weighted by atomic mass is 9.99. The van der Waals surface area contributed by atoms with Crippen molar-refractivity contribution in [3.63, 3.8) is 0 Å². The summed E-state index contributed by atoms with van der Waals surface area (Å²) in [4.78, 5) is 0. The third-order valence-corrected chi connectivity index (χ3v) is 3.99. The van der Waals surface area contributed by atoms with E-state index in [0.717, 1.165) is 21.2 Å². The highest BCUT2D eigenvalue weighted by molar-refractivity contribution is 9.10. The van der Waals surface area contributed by atoms with Crippen LogP contribution in [0.5, 0.6) is 0 Å². The summed E-state index contributed by atoms with van der Waals surface area (Å²) in [5.41, 5.74) is 1.49. The number of hydrogen-bond donors (Lipinski definition) is 1. The lowest BCUT2D eigenvalue weighted by Gasteiger charge is -2.07. The molecule has 0 bridgehead atoms. The molecule has 0 saturated heterocycles. The van der Waals surface area contributed by atoms with Crippen LogP contribution in [-0.2, 0) is 6.54 Å². The van der Waals surface area contributed by atoms with Crippen LogP contribution in [0, 0.1) is 5.82 Å². The van der Waals surface area contributed by atoms with Crippen LogP contribution >= 0.6 is 15.9 Å². The van der Waals surface area contributed by atoms with Gasteiger partial charge in [0.1, 0.15) is 5.76 Å². The predicted octanol–water partition coefficient (Wildman–Crippen LogP) is 4.71. The van der Waals surface area contributed by atoms with E-state index in [4.69, 9.17) is 4.42 Å². The average molecular weight is 326 g/mol. The monoisotopic (exact) mass is 325 g/mol. The molecule has 2 aromatic rings. The number of benzene rings is 1. The molecule has 1 aromatic carbocycles. The molecule has 1 fully saturated rings. The minimum absolute atomic E-state index is 0.302. The van der Waals surface area contributed by atoms with Crippen LogP contribution < -0.4 is 5.32 Å². The number of halogens is 2. The maximum absolute atomic E-state index is 14.0. The highest BCUT2D eigenvalue weighted by Crippen LogP contribution is 2.35. The summed E-state index contributed by atoms with van der Waals surface area (Å²) in [6, 6.07) is 4.01. The molecule has 1 saturated carbocycles. The Hall–Kier alpha value is -0.870. The summed E-state index contributed by atoms with van der Waals surface area (Å²) in [7, 11) is 0. The summed E-state index contributed by atoms with van der Waals surface area (Å²) in [5, 5.41) is 4.32. The first-order valence-corrected chi connectivity index (χ1v) is 7.49. The highest BCUT2D eigenvalue weighted by Gasteiger charge is 2.24. The summed E-state index contributed by atoms with van der Waals surface area (Å²) in [5.74, 6) is 0.879. The van der Waals surface area contributed by atoms with Crippen LogP contribution in [0.1, 0.15) is 43.9 Å². The van der Waals surface area contributed by atoms with Crippen molar-refractivity contribution in [2.24, 2.45) is 0 Å². The maximum Gasteiger partial charge on any atom is 0.170 e. The van der Waals surface area contributed by atoms with Gasteiger partial charge in [-0.2, -0.15) is 0 Å². The summed E-state index contributed by atoms with van der Waals surface area (Å²) in [6.07, 6.45) is 2.47. The minimum Gasteiger partial charge on any atom is -0.456 e. The molecule has 19 heavy (non-hydrogen) atoms. The van der Waals surface area contributed by atoms with E-state index in [2.05, 4.69) is 35.1 Å². The van der Waals surface area contributed by atoms with Gasteiger partial charge in [0.15, 0.2) is 11.4 Å². The Morgan fingerprint density at radius 2 is 2.16 bits per heavy atom. The fourth-order valence-corrected chi connectivity index (χ4v) is 2.91. The van der Waals surface area contributed by atoms with E-state index < -0.39 is 0 Å². The maximum atomic E-state index is 14.0. The van der Waals surface area contributed by atoms with Crippen molar-refractivity contribution in [1.29, 1.82) is 0 Å². The van der Waals surface area contributed by atoms with Crippen LogP contribution in [0.4, 0.5) is 4.39 Å². The molecule has 0 spiro atoms. The smallest absolute Gasteiger partial charge is 0.170 e. The molecule has 1 aliphatic rings. The Bertz CT molecular complexity index is 616. The van der Waals surface area contributed by atoms with Gasteiger partial charge in [-0.3, -0.25) is 0 Å². The van der Waals surface area contributed by atoms with Crippen LogP contribution in [0.25, 0.3) is 11.0 Å². The van der Waals surface area contributed by atoms with E-state index in [1.54, 1.807) is 0 Å². The molecule has 1 N–H and O–H groups in total. The standard InChI is InChI=1S/C15H17BrFNO/c1-8(2)14-11-5-9(16)6-12(17)15(11)19-13(14)7-18-10-3-4-10/h5-6,8,10,18H,3-4,7H2,1-2H3. The van der Waals surface area contributed by atoms with Crippen LogP contribution in [0.2, 0.25) is 0 Å². The highest BCUT2D eigenvalue weighted by atomic mass is 79.9. The van der Waals surface area contributed by atoms with E-state index in [1.807, 2.05) is 6.07 Å². The molecular formula is C15H17BrFNO. The van der Waals surface area contributed by atoms with Crippen LogP contribution in [0.3, 0.4) is 0 Å². The predicted molar refractivity (Wildman–Crippen MR) is 77.8 cm³/mol. The van der Waals surface area contributed by atoms with Gasteiger partial charge in [0.25, 0.3) is 0 Å². The van der Waals surface area contributed by atoms with E-state index in [0.29, 0.717) is 24.1 Å². The van der Waals surface area contributed by atoms with Crippen molar-refractivity contribution >= 4 is 26.9 Å². The first kappa shape index (κ1) is 13.1. The summed E-state index contributed by atoms with van der Waals surface area (Å²) in [6.45, 7) is 4.91. The number of hydrogen-bond acceptors (Lipinski definition) is 2. The quantitative estimate of drug-likeness (QED) is 0.880. The van der Waals surface area contributed by atoms with Crippen molar-refractivity contribution in [1.82, 2.24) is 5.32 Å². The van der Waals surface area contributed by atoms with Gasteiger partial charge in [0, 0.05) is 21.5 Å². The zero-order chi connectivity index (χ0) is 13.6. The van der Waals surface area contributed by atoms with Gasteiger partial charge in [0.05, 0.1) is 6.54 Å². The molecule has 0 amide bonds. The molecule has 0 unspecified atom stereocenters. The zero-order valence-corrected chi connectivity index (χ0v) is 12.7. The van der Waals surface area contributed by atoms with E-state index in [-0.39, 0.29) is 5.82 Å². The average Bonchev–Trinajstić information content (AvgIpc) is 3.07. The third kappa shape index (κ3) is 2.56. The topological polar surface area (TPSA) is 25.2 Å². The molecule has 3 rings (SSSR count). The molecule has 1 aliphatic carbocycles. The Morgan fingerprint density at radius 1 is 1.42 bits per heavy atom. The molecule has 1 aromatic heterocycles. The van der Waals surface area contributed by atoms with Gasteiger partial charge in [-0.05, 0) is 30.9 Å². The van der Waals surface area contributed by atoms with Crippen LogP contribution in [0.15, 0.2) is 21.0 Å². The zero-order valence-electron chi connectivity index (χ0n) is 11.1. The Kier molecular flexibility index (Phi) is 3.39. The number of rotatable bonds is 4.